The van der Waals surface area contributed by atoms with Crippen molar-refractivity contribution in [2.75, 3.05) is 0 Å². The third-order valence-corrected chi connectivity index (χ3v) is 0. The Labute approximate surface area is 74.8 Å². The van der Waals surface area contributed by atoms with E-state index < -0.39 is 11.4 Å². The maximum atomic E-state index is 4.94. The average Bonchev–Trinajstić information content (AvgIpc) is 0.811. The summed E-state index contributed by atoms with van der Waals surface area (Å²) in [5.74, 6) is 0. The molecule has 0 aromatic carbocycles. The molecule has 0 heterocycles. The van der Waals surface area contributed by atoms with Crippen molar-refractivity contribution in [3.8, 4) is 0 Å². The zero-order chi connectivity index (χ0) is 3.58. The van der Waals surface area contributed by atoms with Gasteiger partial charge in [-0.3, -0.25) is 0 Å². The van der Waals surface area contributed by atoms with Crippen LogP contribution in [-0.4, -0.2) is 11.4 Å². The molecule has 0 bridgehead atoms. The van der Waals surface area contributed by atoms with Crippen molar-refractivity contribution >= 4 is 41.5 Å². The van der Waals surface area contributed by atoms with E-state index in [1.54, 1.807) is 0 Å². The Hall–Kier alpha value is 2.44. The van der Waals surface area contributed by atoms with Gasteiger partial charge in [-0.25, -0.2) is 30.1 Å². The Balaban J connectivity index is -0.0000000450. The van der Waals surface area contributed by atoms with E-state index in [0.717, 1.165) is 0 Å². The van der Waals surface area contributed by atoms with Crippen LogP contribution >= 0.6 is 30.1 Å². The van der Waals surface area contributed by atoms with Crippen molar-refractivity contribution in [3.63, 3.8) is 0 Å². The Morgan fingerprint density at radius 2 is 1.00 bits per heavy atom. The summed E-state index contributed by atoms with van der Waals surface area (Å²) < 4.78 is 0. The standard InChI is InChI=1S/Al.3ClH.Cu.Fe/h;3*1H;;/q+3;;;;;/p-3. The molecule has 43 valence electrons. The molecule has 0 aliphatic carbocycles. The van der Waals surface area contributed by atoms with E-state index in [-0.39, 0.29) is 34.1 Å². The zero-order valence-corrected chi connectivity index (χ0v) is 7.83. The molecule has 0 aliphatic heterocycles. The van der Waals surface area contributed by atoms with E-state index in [0.29, 0.717) is 0 Å². The Morgan fingerprint density at radius 1 is 1.00 bits per heavy atom. The fraction of sp³-hybridized carbons (Fsp3) is 0. The van der Waals surface area contributed by atoms with E-state index in [2.05, 4.69) is 0 Å². The Morgan fingerprint density at radius 3 is 1.00 bits per heavy atom. The normalized spacial score (nSPS) is 4.50. The summed E-state index contributed by atoms with van der Waals surface area (Å²) in [5.41, 5.74) is 0. The SMILES string of the molecule is [Cl][Al]([Cl])[Cl].[Cu].[Fe]. The van der Waals surface area contributed by atoms with Gasteiger partial charge in [0, 0.05) is 34.1 Å². The maximum Gasteiger partial charge on any atom is 0.643 e. The second kappa shape index (κ2) is 10.4. The smallest absolute Gasteiger partial charge is 0.214 e. The predicted molar refractivity (Wildman–Crippen MR) is 23.3 cm³/mol. The molecule has 0 saturated carbocycles. The van der Waals surface area contributed by atoms with Crippen molar-refractivity contribution < 1.29 is 34.1 Å². The summed E-state index contributed by atoms with van der Waals surface area (Å²) in [6.45, 7) is 0. The minimum Gasteiger partial charge on any atom is -0.214 e. The van der Waals surface area contributed by atoms with Gasteiger partial charge in [0.15, 0.2) is 0 Å². The van der Waals surface area contributed by atoms with Crippen LogP contribution in [0.5, 0.6) is 0 Å². The van der Waals surface area contributed by atoms with E-state index in [4.69, 9.17) is 30.1 Å². The van der Waals surface area contributed by atoms with Gasteiger partial charge in [0.1, 0.15) is 0 Å². The molecule has 0 aliphatic rings. The van der Waals surface area contributed by atoms with Gasteiger partial charge in [0.25, 0.3) is 0 Å². The van der Waals surface area contributed by atoms with Crippen LogP contribution in [0.4, 0.5) is 0 Å². The molecule has 0 atom stereocenters. The molecular formula is AlCl3CuFe. The summed E-state index contributed by atoms with van der Waals surface area (Å²) in [4.78, 5) is 0. The first kappa shape index (κ1) is 15.8. The van der Waals surface area contributed by atoms with Gasteiger partial charge in [0.05, 0.1) is 0 Å². The van der Waals surface area contributed by atoms with Gasteiger partial charge in [-0.2, -0.15) is 0 Å². The van der Waals surface area contributed by atoms with Crippen LogP contribution in [0.1, 0.15) is 0 Å². The van der Waals surface area contributed by atoms with Crippen molar-refractivity contribution in [2.45, 2.75) is 0 Å². The summed E-state index contributed by atoms with van der Waals surface area (Å²) in [6.07, 6.45) is 0. The van der Waals surface area contributed by atoms with Gasteiger partial charge in [-0.05, 0) is 0 Å². The Kier molecular flexibility index (Phi) is 27.4. The molecule has 0 aromatic rings. The quantitative estimate of drug-likeness (QED) is 0.576. The predicted octanol–water partition coefficient (Wildman–Crippen LogP) is 1.68. The van der Waals surface area contributed by atoms with Crippen LogP contribution in [0.15, 0.2) is 0 Å². The van der Waals surface area contributed by atoms with Gasteiger partial charge < -0.3 is 0 Å². The summed E-state index contributed by atoms with van der Waals surface area (Å²) >= 11 is -1.72. The topological polar surface area (TPSA) is 0 Å². The van der Waals surface area contributed by atoms with E-state index in [1.165, 1.54) is 0 Å². The van der Waals surface area contributed by atoms with Crippen LogP contribution < -0.4 is 0 Å². The number of hydrogen-bond donors (Lipinski definition) is 0. The minimum atomic E-state index is -1.72. The van der Waals surface area contributed by atoms with Crippen molar-refractivity contribution in [2.24, 2.45) is 0 Å². The minimum absolute atomic E-state index is 0. The monoisotopic (exact) mass is 251 g/mol. The van der Waals surface area contributed by atoms with Crippen LogP contribution in [0.25, 0.3) is 0 Å². The maximum absolute atomic E-state index is 4.94. The molecule has 0 nitrogen and oxygen atoms in total. The van der Waals surface area contributed by atoms with E-state index >= 15 is 0 Å². The van der Waals surface area contributed by atoms with Crippen LogP contribution in [0.3, 0.4) is 0 Å². The second-order valence-corrected chi connectivity index (χ2v) is 6.68. The van der Waals surface area contributed by atoms with Gasteiger partial charge in [-0.15, -0.1) is 0 Å². The molecule has 0 N–H and O–H groups in total. The molecule has 0 rings (SSSR count). The van der Waals surface area contributed by atoms with Gasteiger partial charge >= 0.3 is 11.4 Å². The molecule has 0 spiro atoms. The van der Waals surface area contributed by atoms with Gasteiger partial charge in [0.2, 0.25) is 0 Å². The first-order valence-corrected chi connectivity index (χ1v) is 5.89. The summed E-state index contributed by atoms with van der Waals surface area (Å²) in [5, 5.41) is 0. The third-order valence-electron chi connectivity index (χ3n) is 0. The summed E-state index contributed by atoms with van der Waals surface area (Å²) in [6, 6.07) is 0. The second-order valence-electron chi connectivity index (χ2n) is 0.247. The first-order chi connectivity index (χ1) is 1.73. The van der Waals surface area contributed by atoms with E-state index in [1.807, 2.05) is 0 Å². The largest absolute Gasteiger partial charge is 0.643 e. The molecule has 0 fully saturated rings. The molecule has 0 aromatic heterocycles. The number of halogens is 3. The zero-order valence-electron chi connectivity index (χ0n) is 2.37. The molecule has 6 heavy (non-hydrogen) atoms. The van der Waals surface area contributed by atoms with E-state index in [9.17, 15) is 0 Å². The number of hydrogen-bond acceptors (Lipinski definition) is 0. The van der Waals surface area contributed by atoms with Crippen LogP contribution in [-0.2, 0) is 34.1 Å². The third kappa shape index (κ3) is 32.0. The number of rotatable bonds is 0. The molecule has 0 saturated heterocycles. The first-order valence-electron chi connectivity index (χ1n) is 0.655. The molecule has 1 radical (unpaired) electrons. The molecule has 0 amide bonds. The fourth-order valence-corrected chi connectivity index (χ4v) is 0. The van der Waals surface area contributed by atoms with Crippen molar-refractivity contribution in [3.05, 3.63) is 0 Å². The van der Waals surface area contributed by atoms with Crippen molar-refractivity contribution in [1.29, 1.82) is 0 Å². The van der Waals surface area contributed by atoms with Crippen LogP contribution in [0.2, 0.25) is 0 Å². The van der Waals surface area contributed by atoms with Crippen molar-refractivity contribution in [1.82, 2.24) is 0 Å². The Bertz CT molecular complexity index is 15.5. The summed E-state index contributed by atoms with van der Waals surface area (Å²) in [7, 11) is 14.8. The van der Waals surface area contributed by atoms with Gasteiger partial charge in [-0.1, -0.05) is 0 Å². The van der Waals surface area contributed by atoms with Crippen LogP contribution in [0, 0.1) is 0 Å². The molecule has 0 unspecified atom stereocenters. The fourth-order valence-electron chi connectivity index (χ4n) is 0. The molecule has 6 heteroatoms. The molecular weight excluding hydrogens is 253 g/mol. The average molecular weight is 253 g/mol.